The molecule has 1 aromatic heterocycles. The van der Waals surface area contributed by atoms with Gasteiger partial charge in [-0.15, -0.1) is 0 Å². The summed E-state index contributed by atoms with van der Waals surface area (Å²) in [5.41, 5.74) is 0.872. The molecule has 3 amide bonds. The number of halogens is 2. The predicted octanol–water partition coefficient (Wildman–Crippen LogP) is 3.98. The first-order valence-corrected chi connectivity index (χ1v) is 10.6. The maximum atomic E-state index is 14.8. The Morgan fingerprint density at radius 3 is 2.24 bits per heavy atom. The molecular weight excluding hydrogens is 446 g/mol. The van der Waals surface area contributed by atoms with E-state index >= 15 is 0 Å². The summed E-state index contributed by atoms with van der Waals surface area (Å²) in [5, 5.41) is 11.9. The summed E-state index contributed by atoms with van der Waals surface area (Å²) in [6.45, 7) is 0. The van der Waals surface area contributed by atoms with Crippen molar-refractivity contribution in [2.24, 2.45) is 0 Å². The molecule has 1 aliphatic heterocycles. The number of amides is 3. The molecule has 3 atom stereocenters. The van der Waals surface area contributed by atoms with Gasteiger partial charge in [-0.2, -0.15) is 0 Å². The zero-order valence-electron chi connectivity index (χ0n) is 17.6. The van der Waals surface area contributed by atoms with Crippen molar-refractivity contribution in [1.29, 1.82) is 0 Å². The van der Waals surface area contributed by atoms with E-state index in [0.717, 1.165) is 11.0 Å². The first-order valence-electron chi connectivity index (χ1n) is 10.6. The van der Waals surface area contributed by atoms with Crippen LogP contribution in [-0.4, -0.2) is 37.9 Å². The SMILES string of the molecule is O=C(O)N[C@@H]1c2nccnc2[C@H](N2C(=O)c3ccccc3C2=O)CC[C@H]1c1cccc(F)c1F. The van der Waals surface area contributed by atoms with Gasteiger partial charge in [0.25, 0.3) is 11.8 Å². The second-order valence-electron chi connectivity index (χ2n) is 8.12. The summed E-state index contributed by atoms with van der Waals surface area (Å²) in [5.74, 6) is -4.01. The second kappa shape index (κ2) is 8.29. The maximum Gasteiger partial charge on any atom is 0.405 e. The van der Waals surface area contributed by atoms with Crippen LogP contribution in [0.2, 0.25) is 0 Å². The zero-order valence-corrected chi connectivity index (χ0v) is 17.6. The van der Waals surface area contributed by atoms with Gasteiger partial charge in [0.15, 0.2) is 11.6 Å². The summed E-state index contributed by atoms with van der Waals surface area (Å²) in [6, 6.07) is 8.19. The Bertz CT molecular complexity index is 1300. The highest BCUT2D eigenvalue weighted by Crippen LogP contribution is 2.45. The van der Waals surface area contributed by atoms with Gasteiger partial charge in [-0.1, -0.05) is 24.3 Å². The Morgan fingerprint density at radius 1 is 0.941 bits per heavy atom. The smallest absolute Gasteiger partial charge is 0.405 e. The lowest BCUT2D eigenvalue weighted by atomic mass is 9.86. The molecule has 0 spiro atoms. The van der Waals surface area contributed by atoms with Crippen LogP contribution in [0.1, 0.15) is 68.5 Å². The number of nitrogens with one attached hydrogen (secondary N) is 1. The highest BCUT2D eigenvalue weighted by Gasteiger charge is 2.45. The van der Waals surface area contributed by atoms with E-state index in [1.807, 2.05) is 0 Å². The molecule has 2 heterocycles. The van der Waals surface area contributed by atoms with Gasteiger partial charge in [0.05, 0.1) is 34.6 Å². The van der Waals surface area contributed by atoms with Crippen LogP contribution in [0.25, 0.3) is 0 Å². The highest BCUT2D eigenvalue weighted by molar-refractivity contribution is 6.21. The van der Waals surface area contributed by atoms with E-state index < -0.39 is 47.5 Å². The first-order chi connectivity index (χ1) is 16.4. The molecule has 2 aromatic carbocycles. The summed E-state index contributed by atoms with van der Waals surface area (Å²) in [7, 11) is 0. The van der Waals surface area contributed by atoms with Gasteiger partial charge >= 0.3 is 6.09 Å². The minimum absolute atomic E-state index is 0.0293. The van der Waals surface area contributed by atoms with E-state index in [9.17, 15) is 28.3 Å². The Morgan fingerprint density at radius 2 is 1.59 bits per heavy atom. The number of nitrogens with zero attached hydrogens (tertiary/aromatic N) is 3. The lowest BCUT2D eigenvalue weighted by Crippen LogP contribution is -2.35. The number of carbonyl (C=O) groups is 3. The molecule has 0 unspecified atom stereocenters. The van der Waals surface area contributed by atoms with Gasteiger partial charge in [-0.25, -0.2) is 13.6 Å². The van der Waals surface area contributed by atoms with Gasteiger partial charge in [-0.05, 0) is 36.6 Å². The number of carbonyl (C=O) groups excluding carboxylic acids is 2. The molecular formula is C24H18F2N4O4. The Balaban J connectivity index is 1.64. The summed E-state index contributed by atoms with van der Waals surface area (Å²) >= 11 is 0. The molecule has 0 bridgehead atoms. The summed E-state index contributed by atoms with van der Waals surface area (Å²) < 4.78 is 28.9. The van der Waals surface area contributed by atoms with Crippen LogP contribution in [0.15, 0.2) is 54.9 Å². The molecule has 172 valence electrons. The zero-order chi connectivity index (χ0) is 24.0. The number of rotatable bonds is 3. The van der Waals surface area contributed by atoms with Crippen LogP contribution in [0, 0.1) is 11.6 Å². The molecule has 8 nitrogen and oxygen atoms in total. The van der Waals surface area contributed by atoms with Crippen molar-refractivity contribution in [3.05, 3.63) is 94.6 Å². The van der Waals surface area contributed by atoms with Crippen LogP contribution >= 0.6 is 0 Å². The van der Waals surface area contributed by atoms with Crippen molar-refractivity contribution in [2.75, 3.05) is 0 Å². The molecule has 0 saturated heterocycles. The quantitative estimate of drug-likeness (QED) is 0.448. The number of hydrogen-bond acceptors (Lipinski definition) is 5. The van der Waals surface area contributed by atoms with Gasteiger partial charge in [0.2, 0.25) is 0 Å². The Kier molecular flexibility index (Phi) is 5.27. The molecule has 0 radical (unpaired) electrons. The number of hydrogen-bond donors (Lipinski definition) is 2. The number of carboxylic acid groups (broad SMARTS) is 1. The van der Waals surface area contributed by atoms with E-state index in [2.05, 4.69) is 15.3 Å². The minimum atomic E-state index is -1.39. The van der Waals surface area contributed by atoms with E-state index in [0.29, 0.717) is 0 Å². The van der Waals surface area contributed by atoms with Crippen molar-refractivity contribution in [3.63, 3.8) is 0 Å². The van der Waals surface area contributed by atoms with Crippen molar-refractivity contribution < 1.29 is 28.3 Å². The van der Waals surface area contributed by atoms with E-state index in [1.54, 1.807) is 24.3 Å². The normalized spacial score (nSPS) is 21.6. The second-order valence-corrected chi connectivity index (χ2v) is 8.12. The Labute approximate surface area is 192 Å². The first kappa shape index (κ1) is 21.6. The fourth-order valence-corrected chi connectivity index (χ4v) is 4.87. The Hall–Kier alpha value is -4.21. The van der Waals surface area contributed by atoms with Crippen molar-refractivity contribution >= 4 is 17.9 Å². The minimum Gasteiger partial charge on any atom is -0.465 e. The lowest BCUT2D eigenvalue weighted by molar-refractivity contribution is 0.0568. The fraction of sp³-hybridized carbons (Fsp3) is 0.208. The average Bonchev–Trinajstić information content (AvgIpc) is 2.98. The third-order valence-electron chi connectivity index (χ3n) is 6.32. The largest absolute Gasteiger partial charge is 0.465 e. The molecule has 5 rings (SSSR count). The van der Waals surface area contributed by atoms with Crippen molar-refractivity contribution in [3.8, 4) is 0 Å². The fourth-order valence-electron chi connectivity index (χ4n) is 4.87. The number of imide groups is 1. The molecule has 2 aliphatic rings. The van der Waals surface area contributed by atoms with E-state index in [1.165, 1.54) is 24.5 Å². The van der Waals surface area contributed by atoms with Crippen LogP contribution in [0.4, 0.5) is 13.6 Å². The molecule has 1 aliphatic carbocycles. The lowest BCUT2D eigenvalue weighted by Gasteiger charge is -2.26. The third kappa shape index (κ3) is 3.38. The van der Waals surface area contributed by atoms with E-state index in [4.69, 9.17) is 0 Å². The summed E-state index contributed by atoms with van der Waals surface area (Å²) in [4.78, 5) is 47.8. The number of fused-ring (bicyclic) bond motifs is 2. The standard InChI is InChI=1S/C24H18F2N4O4/c25-16-7-3-6-12(18(16)26)13-8-9-17(20-21(28-11-10-27-20)19(13)29-24(33)34)30-22(31)14-4-1-2-5-15(14)23(30)32/h1-7,10-11,13,17,19,29H,8-9H2,(H,33,34)/t13-,17+,19-/m0/s1. The topological polar surface area (TPSA) is 112 Å². The predicted molar refractivity (Wildman–Crippen MR) is 114 cm³/mol. The monoisotopic (exact) mass is 464 g/mol. The van der Waals surface area contributed by atoms with Gasteiger partial charge in [-0.3, -0.25) is 24.5 Å². The van der Waals surface area contributed by atoms with E-state index in [-0.39, 0.29) is 40.9 Å². The van der Waals surface area contributed by atoms with Crippen LogP contribution in [-0.2, 0) is 0 Å². The summed E-state index contributed by atoms with van der Waals surface area (Å²) in [6.07, 6.45) is 1.61. The van der Waals surface area contributed by atoms with Gasteiger partial charge in [0, 0.05) is 18.3 Å². The molecule has 0 fully saturated rings. The average molecular weight is 464 g/mol. The number of benzene rings is 2. The highest BCUT2D eigenvalue weighted by atomic mass is 19.2. The van der Waals surface area contributed by atoms with Gasteiger partial charge < -0.3 is 10.4 Å². The van der Waals surface area contributed by atoms with Crippen LogP contribution < -0.4 is 5.32 Å². The van der Waals surface area contributed by atoms with Gasteiger partial charge in [0.1, 0.15) is 0 Å². The number of aromatic nitrogens is 2. The molecule has 3 aromatic rings. The molecule has 0 saturated carbocycles. The van der Waals surface area contributed by atoms with Crippen molar-refractivity contribution in [2.45, 2.75) is 30.8 Å². The van der Waals surface area contributed by atoms with Crippen LogP contribution in [0.3, 0.4) is 0 Å². The third-order valence-corrected chi connectivity index (χ3v) is 6.32. The van der Waals surface area contributed by atoms with Crippen molar-refractivity contribution in [1.82, 2.24) is 20.2 Å². The molecule has 10 heteroatoms. The van der Waals surface area contributed by atoms with Crippen LogP contribution in [0.5, 0.6) is 0 Å². The molecule has 34 heavy (non-hydrogen) atoms. The maximum absolute atomic E-state index is 14.8. The molecule has 2 N–H and O–H groups in total.